The van der Waals surface area contributed by atoms with Crippen molar-refractivity contribution in [2.75, 3.05) is 6.26 Å². The van der Waals surface area contributed by atoms with Crippen LogP contribution in [0.2, 0.25) is 0 Å². The molecule has 24 heavy (non-hydrogen) atoms. The van der Waals surface area contributed by atoms with Gasteiger partial charge in [0.25, 0.3) is 5.56 Å². The molecule has 0 aliphatic heterocycles. The average Bonchev–Trinajstić information content (AvgIpc) is 2.87. The highest BCUT2D eigenvalue weighted by molar-refractivity contribution is 7.98. The summed E-state index contributed by atoms with van der Waals surface area (Å²) in [7, 11) is 0. The van der Waals surface area contributed by atoms with Crippen LogP contribution in [0.5, 0.6) is 0 Å². The van der Waals surface area contributed by atoms with Gasteiger partial charge in [0.05, 0.1) is 11.3 Å². The Kier molecular flexibility index (Phi) is 4.11. The molecule has 6 nitrogen and oxygen atoms in total. The molecule has 0 saturated heterocycles. The standard InChI is InChI=1S/C16H14FN5OS/c1-9(2)21-15(23)12-8-19-16(24-3)20-14(12)22(21)11-4-5-13(17)10(6-11)7-18/h4-6,8-9H,1-3H3. The molecular weight excluding hydrogens is 329 g/mol. The van der Waals surface area contributed by atoms with E-state index in [0.29, 0.717) is 21.9 Å². The van der Waals surface area contributed by atoms with E-state index in [-0.39, 0.29) is 17.2 Å². The van der Waals surface area contributed by atoms with E-state index < -0.39 is 5.82 Å². The number of benzene rings is 1. The second-order valence-electron chi connectivity index (χ2n) is 5.43. The first-order chi connectivity index (χ1) is 11.5. The van der Waals surface area contributed by atoms with Crippen molar-refractivity contribution in [3.8, 4) is 11.8 Å². The van der Waals surface area contributed by atoms with E-state index >= 15 is 0 Å². The number of aromatic nitrogens is 4. The minimum atomic E-state index is -0.601. The predicted molar refractivity (Wildman–Crippen MR) is 90.0 cm³/mol. The van der Waals surface area contributed by atoms with E-state index in [1.165, 1.54) is 40.8 Å². The first kappa shape index (κ1) is 16.2. The summed E-state index contributed by atoms with van der Waals surface area (Å²) < 4.78 is 16.8. The largest absolute Gasteiger partial charge is 0.278 e. The number of rotatable bonds is 3. The number of thioether (sulfide) groups is 1. The van der Waals surface area contributed by atoms with Crippen molar-refractivity contribution in [2.24, 2.45) is 0 Å². The highest BCUT2D eigenvalue weighted by Crippen LogP contribution is 2.21. The highest BCUT2D eigenvalue weighted by Gasteiger charge is 2.19. The maximum Gasteiger partial charge on any atom is 0.278 e. The summed E-state index contributed by atoms with van der Waals surface area (Å²) in [6.45, 7) is 3.74. The van der Waals surface area contributed by atoms with Crippen molar-refractivity contribution in [1.82, 2.24) is 19.3 Å². The Morgan fingerprint density at radius 3 is 2.75 bits per heavy atom. The average molecular weight is 343 g/mol. The van der Waals surface area contributed by atoms with Gasteiger partial charge in [0.15, 0.2) is 10.8 Å². The molecule has 0 spiro atoms. The SMILES string of the molecule is CSc1ncc2c(=O)n(C(C)C)n(-c3ccc(F)c(C#N)c3)c2n1. The number of nitrogens with zero attached hydrogens (tertiary/aromatic N) is 5. The zero-order valence-corrected chi connectivity index (χ0v) is 14.1. The van der Waals surface area contributed by atoms with Gasteiger partial charge < -0.3 is 0 Å². The molecule has 0 aliphatic rings. The Labute approximate surface area is 141 Å². The summed E-state index contributed by atoms with van der Waals surface area (Å²) in [4.78, 5) is 21.3. The molecular formula is C16H14FN5OS. The molecule has 0 saturated carbocycles. The fraction of sp³-hybridized carbons (Fsp3) is 0.250. The molecule has 0 unspecified atom stereocenters. The van der Waals surface area contributed by atoms with Gasteiger partial charge in [-0.15, -0.1) is 0 Å². The van der Waals surface area contributed by atoms with Crippen LogP contribution in [0.15, 0.2) is 34.3 Å². The lowest BCUT2D eigenvalue weighted by Crippen LogP contribution is -2.24. The zero-order chi connectivity index (χ0) is 17.4. The summed E-state index contributed by atoms with van der Waals surface area (Å²) in [5.74, 6) is -0.601. The van der Waals surface area contributed by atoms with Crippen LogP contribution in [0.3, 0.4) is 0 Å². The number of halogens is 1. The molecule has 0 aliphatic carbocycles. The van der Waals surface area contributed by atoms with Gasteiger partial charge in [0.1, 0.15) is 17.3 Å². The van der Waals surface area contributed by atoms with Gasteiger partial charge in [0, 0.05) is 12.2 Å². The molecule has 0 radical (unpaired) electrons. The summed E-state index contributed by atoms with van der Waals surface area (Å²) >= 11 is 1.36. The van der Waals surface area contributed by atoms with Gasteiger partial charge in [-0.2, -0.15) is 5.26 Å². The number of nitriles is 1. The lowest BCUT2D eigenvalue weighted by Gasteiger charge is -2.15. The molecule has 0 N–H and O–H groups in total. The summed E-state index contributed by atoms with van der Waals surface area (Å²) in [6, 6.07) is 5.81. The van der Waals surface area contributed by atoms with Crippen LogP contribution < -0.4 is 5.56 Å². The smallest absolute Gasteiger partial charge is 0.267 e. The Hall–Kier alpha value is -2.66. The molecule has 122 valence electrons. The monoisotopic (exact) mass is 343 g/mol. The molecule has 3 aromatic rings. The van der Waals surface area contributed by atoms with Gasteiger partial charge in [0.2, 0.25) is 0 Å². The third-order valence-corrected chi connectivity index (χ3v) is 4.15. The Bertz CT molecular complexity index is 1030. The molecule has 2 aromatic heterocycles. The van der Waals surface area contributed by atoms with Crippen LogP contribution in [0.25, 0.3) is 16.7 Å². The molecule has 0 atom stereocenters. The van der Waals surface area contributed by atoms with Crippen molar-refractivity contribution in [2.45, 2.75) is 25.0 Å². The van der Waals surface area contributed by atoms with Crippen molar-refractivity contribution >= 4 is 22.8 Å². The first-order valence-electron chi connectivity index (χ1n) is 7.22. The number of hydrogen-bond donors (Lipinski definition) is 0. The van der Waals surface area contributed by atoms with Gasteiger partial charge in [-0.05, 0) is 38.3 Å². The van der Waals surface area contributed by atoms with E-state index in [1.54, 1.807) is 4.68 Å². The van der Waals surface area contributed by atoms with E-state index in [1.807, 2.05) is 26.2 Å². The lowest BCUT2D eigenvalue weighted by molar-refractivity contribution is 0.475. The van der Waals surface area contributed by atoms with Crippen LogP contribution in [0, 0.1) is 17.1 Å². The molecule has 0 fully saturated rings. The zero-order valence-electron chi connectivity index (χ0n) is 13.3. The maximum atomic E-state index is 13.7. The van der Waals surface area contributed by atoms with Gasteiger partial charge >= 0.3 is 0 Å². The van der Waals surface area contributed by atoms with Gasteiger partial charge in [-0.3, -0.25) is 4.79 Å². The van der Waals surface area contributed by atoms with Crippen molar-refractivity contribution < 1.29 is 4.39 Å². The lowest BCUT2D eigenvalue weighted by atomic mass is 10.2. The molecule has 1 aromatic carbocycles. The minimum Gasteiger partial charge on any atom is -0.267 e. The Morgan fingerprint density at radius 1 is 1.38 bits per heavy atom. The Balaban J connectivity index is 2.43. The van der Waals surface area contributed by atoms with E-state index in [2.05, 4.69) is 9.97 Å². The maximum absolute atomic E-state index is 13.7. The van der Waals surface area contributed by atoms with E-state index in [4.69, 9.17) is 5.26 Å². The van der Waals surface area contributed by atoms with Crippen LogP contribution in [-0.2, 0) is 0 Å². The highest BCUT2D eigenvalue weighted by atomic mass is 32.2. The summed E-state index contributed by atoms with van der Waals surface area (Å²) in [5.41, 5.74) is 0.620. The van der Waals surface area contributed by atoms with Gasteiger partial charge in [-0.1, -0.05) is 11.8 Å². The normalized spacial score (nSPS) is 11.2. The number of fused-ring (bicyclic) bond motifs is 1. The van der Waals surface area contributed by atoms with Crippen molar-refractivity contribution in [3.63, 3.8) is 0 Å². The van der Waals surface area contributed by atoms with E-state index in [9.17, 15) is 9.18 Å². The minimum absolute atomic E-state index is 0.0868. The van der Waals surface area contributed by atoms with Crippen molar-refractivity contribution in [1.29, 1.82) is 5.26 Å². The third-order valence-electron chi connectivity index (χ3n) is 3.59. The van der Waals surface area contributed by atoms with Crippen LogP contribution in [0.4, 0.5) is 4.39 Å². The van der Waals surface area contributed by atoms with Gasteiger partial charge in [-0.25, -0.2) is 23.7 Å². The number of hydrogen-bond acceptors (Lipinski definition) is 5. The topological polar surface area (TPSA) is 76.5 Å². The van der Waals surface area contributed by atoms with E-state index in [0.717, 1.165) is 0 Å². The predicted octanol–water partition coefficient (Wildman–Crippen LogP) is 2.90. The third kappa shape index (κ3) is 2.47. The van der Waals surface area contributed by atoms with Crippen LogP contribution in [-0.4, -0.2) is 25.6 Å². The molecule has 0 bridgehead atoms. The van der Waals surface area contributed by atoms with Crippen molar-refractivity contribution in [3.05, 3.63) is 46.1 Å². The first-order valence-corrected chi connectivity index (χ1v) is 8.44. The quantitative estimate of drug-likeness (QED) is 0.540. The fourth-order valence-corrected chi connectivity index (χ4v) is 2.86. The van der Waals surface area contributed by atoms with Crippen LogP contribution in [0.1, 0.15) is 25.5 Å². The molecule has 2 heterocycles. The Morgan fingerprint density at radius 2 is 2.12 bits per heavy atom. The molecule has 8 heteroatoms. The van der Waals surface area contributed by atoms with Crippen LogP contribution >= 0.6 is 11.8 Å². The second-order valence-corrected chi connectivity index (χ2v) is 6.20. The molecule has 0 amide bonds. The molecule has 3 rings (SSSR count). The summed E-state index contributed by atoms with van der Waals surface area (Å²) in [6.07, 6.45) is 3.34. The summed E-state index contributed by atoms with van der Waals surface area (Å²) in [5, 5.41) is 9.98. The fourth-order valence-electron chi connectivity index (χ4n) is 2.53. The second kappa shape index (κ2) is 6.09.